The third-order valence-electron chi connectivity index (χ3n) is 3.54. The molecule has 0 saturated heterocycles. The molecule has 1 aliphatic rings. The Kier molecular flexibility index (Phi) is 4.90. The zero-order chi connectivity index (χ0) is 13.8. The van der Waals surface area contributed by atoms with E-state index < -0.39 is 0 Å². The highest BCUT2D eigenvalue weighted by molar-refractivity contribution is 7.09. The number of amides is 1. The molecule has 0 aromatic carbocycles. The van der Waals surface area contributed by atoms with Gasteiger partial charge in [-0.15, -0.1) is 11.3 Å². The molecule has 1 heterocycles. The molecule has 1 aromatic rings. The molecule has 5 nitrogen and oxygen atoms in total. The zero-order valence-corrected chi connectivity index (χ0v) is 11.9. The highest BCUT2D eigenvalue weighted by Crippen LogP contribution is 2.23. The van der Waals surface area contributed by atoms with Crippen molar-refractivity contribution < 1.29 is 9.90 Å². The molecular formula is C13H21N3O2S. The number of aliphatic hydroxyl groups is 1. The summed E-state index contributed by atoms with van der Waals surface area (Å²) in [4.78, 5) is 16.2. The Bertz CT molecular complexity index is 433. The Morgan fingerprint density at radius 2 is 2.37 bits per heavy atom. The number of thiazole rings is 1. The molecule has 0 radical (unpaired) electrons. The van der Waals surface area contributed by atoms with Gasteiger partial charge in [0.05, 0.1) is 12.1 Å². The summed E-state index contributed by atoms with van der Waals surface area (Å²) in [7, 11) is 0. The van der Waals surface area contributed by atoms with Gasteiger partial charge >= 0.3 is 0 Å². The summed E-state index contributed by atoms with van der Waals surface area (Å²) in [5, 5.41) is 15.2. The quantitative estimate of drug-likeness (QED) is 0.780. The zero-order valence-electron chi connectivity index (χ0n) is 11.1. The molecule has 0 bridgehead atoms. The van der Waals surface area contributed by atoms with E-state index in [4.69, 9.17) is 5.73 Å². The largest absolute Gasteiger partial charge is 0.393 e. The number of nitrogens with zero attached hydrogens (tertiary/aromatic N) is 1. The Labute approximate surface area is 117 Å². The van der Waals surface area contributed by atoms with Gasteiger partial charge in [0.1, 0.15) is 10.7 Å². The molecule has 1 saturated carbocycles. The first kappa shape index (κ1) is 14.4. The number of carbonyl (C=O) groups excluding carboxylic acids is 1. The maximum absolute atomic E-state index is 11.9. The lowest BCUT2D eigenvalue weighted by Crippen LogP contribution is -2.36. The Morgan fingerprint density at radius 1 is 1.63 bits per heavy atom. The molecule has 1 amide bonds. The van der Waals surface area contributed by atoms with Crippen LogP contribution >= 0.6 is 11.3 Å². The Hall–Kier alpha value is -0.980. The van der Waals surface area contributed by atoms with Gasteiger partial charge in [0.25, 0.3) is 5.91 Å². The lowest BCUT2D eigenvalue weighted by molar-refractivity contribution is 0.0662. The molecule has 1 aliphatic carbocycles. The number of rotatable bonds is 4. The van der Waals surface area contributed by atoms with E-state index in [1.807, 2.05) is 6.92 Å². The van der Waals surface area contributed by atoms with Crippen molar-refractivity contribution in [3.63, 3.8) is 0 Å². The lowest BCUT2D eigenvalue weighted by atomic mass is 9.86. The topological polar surface area (TPSA) is 88.2 Å². The van der Waals surface area contributed by atoms with Crippen molar-refractivity contribution in [3.05, 3.63) is 16.1 Å². The molecule has 3 unspecified atom stereocenters. The average Bonchev–Trinajstić information content (AvgIpc) is 2.87. The van der Waals surface area contributed by atoms with Gasteiger partial charge < -0.3 is 16.2 Å². The minimum Gasteiger partial charge on any atom is -0.393 e. The molecule has 1 aromatic heterocycles. The SMILES string of the molecule is CC(N)c1nc(C(=O)NCC2CCCCC2O)cs1. The smallest absolute Gasteiger partial charge is 0.270 e. The fourth-order valence-electron chi connectivity index (χ4n) is 2.34. The highest BCUT2D eigenvalue weighted by Gasteiger charge is 2.23. The first-order valence-corrected chi connectivity index (χ1v) is 7.63. The summed E-state index contributed by atoms with van der Waals surface area (Å²) in [5.74, 6) is -0.00911. The van der Waals surface area contributed by atoms with Gasteiger partial charge in [-0.25, -0.2) is 4.98 Å². The van der Waals surface area contributed by atoms with Gasteiger partial charge in [-0.3, -0.25) is 4.79 Å². The minimum atomic E-state index is -0.288. The number of aliphatic hydroxyl groups excluding tert-OH is 1. The van der Waals surface area contributed by atoms with E-state index in [1.165, 1.54) is 11.3 Å². The van der Waals surface area contributed by atoms with E-state index >= 15 is 0 Å². The van der Waals surface area contributed by atoms with Gasteiger partial charge in [0.2, 0.25) is 0 Å². The van der Waals surface area contributed by atoms with E-state index in [0.717, 1.165) is 30.7 Å². The van der Waals surface area contributed by atoms with Crippen LogP contribution in [0.3, 0.4) is 0 Å². The normalized spacial score (nSPS) is 25.0. The van der Waals surface area contributed by atoms with E-state index in [1.54, 1.807) is 5.38 Å². The molecule has 0 spiro atoms. The third-order valence-corrected chi connectivity index (χ3v) is 4.58. The van der Waals surface area contributed by atoms with Crippen molar-refractivity contribution >= 4 is 17.2 Å². The van der Waals surface area contributed by atoms with Crippen molar-refractivity contribution in [2.24, 2.45) is 11.7 Å². The van der Waals surface area contributed by atoms with E-state index in [0.29, 0.717) is 12.2 Å². The fourth-order valence-corrected chi connectivity index (χ4v) is 3.10. The van der Waals surface area contributed by atoms with Crippen LogP contribution in [-0.4, -0.2) is 28.6 Å². The molecule has 2 rings (SSSR count). The van der Waals surface area contributed by atoms with Gasteiger partial charge in [-0.1, -0.05) is 12.8 Å². The van der Waals surface area contributed by atoms with Crippen LogP contribution in [0.1, 0.15) is 54.1 Å². The first-order chi connectivity index (χ1) is 9.08. The second kappa shape index (κ2) is 6.45. The molecule has 3 atom stereocenters. The van der Waals surface area contributed by atoms with Crippen molar-refractivity contribution in [1.29, 1.82) is 0 Å². The van der Waals surface area contributed by atoms with Gasteiger partial charge in [-0.2, -0.15) is 0 Å². The summed E-state index contributed by atoms with van der Waals surface area (Å²) >= 11 is 1.40. The molecule has 4 N–H and O–H groups in total. The van der Waals surface area contributed by atoms with E-state index in [2.05, 4.69) is 10.3 Å². The maximum atomic E-state index is 11.9. The average molecular weight is 283 g/mol. The first-order valence-electron chi connectivity index (χ1n) is 6.75. The van der Waals surface area contributed by atoms with Crippen molar-refractivity contribution in [2.45, 2.75) is 44.8 Å². The molecule has 6 heteroatoms. The van der Waals surface area contributed by atoms with Crippen LogP contribution < -0.4 is 11.1 Å². The predicted molar refractivity (Wildman–Crippen MR) is 75.0 cm³/mol. The number of nitrogens with one attached hydrogen (secondary N) is 1. The van der Waals surface area contributed by atoms with E-state index in [-0.39, 0.29) is 24.0 Å². The number of hydrogen-bond donors (Lipinski definition) is 3. The number of carbonyl (C=O) groups is 1. The predicted octanol–water partition coefficient (Wildman–Crippen LogP) is 1.44. The maximum Gasteiger partial charge on any atom is 0.270 e. The van der Waals surface area contributed by atoms with Gasteiger partial charge in [-0.05, 0) is 19.8 Å². The number of hydrogen-bond acceptors (Lipinski definition) is 5. The van der Waals surface area contributed by atoms with Crippen LogP contribution in [0.15, 0.2) is 5.38 Å². The van der Waals surface area contributed by atoms with Crippen molar-refractivity contribution in [2.75, 3.05) is 6.54 Å². The van der Waals surface area contributed by atoms with Crippen molar-refractivity contribution in [3.8, 4) is 0 Å². The lowest BCUT2D eigenvalue weighted by Gasteiger charge is -2.27. The second-order valence-corrected chi connectivity index (χ2v) is 6.07. The van der Waals surface area contributed by atoms with Crippen LogP contribution in [0.4, 0.5) is 0 Å². The highest BCUT2D eigenvalue weighted by atomic mass is 32.1. The van der Waals surface area contributed by atoms with E-state index in [9.17, 15) is 9.90 Å². The van der Waals surface area contributed by atoms with Crippen LogP contribution in [0, 0.1) is 5.92 Å². The molecule has 0 aliphatic heterocycles. The van der Waals surface area contributed by atoms with Crippen LogP contribution in [0.5, 0.6) is 0 Å². The van der Waals surface area contributed by atoms with Crippen molar-refractivity contribution in [1.82, 2.24) is 10.3 Å². The van der Waals surface area contributed by atoms with Crippen LogP contribution in [0.25, 0.3) is 0 Å². The molecular weight excluding hydrogens is 262 g/mol. The van der Waals surface area contributed by atoms with Crippen LogP contribution in [0.2, 0.25) is 0 Å². The molecule has 106 valence electrons. The standard InChI is InChI=1S/C13H21N3O2S/c1-8(14)13-16-10(7-19-13)12(18)15-6-9-4-2-3-5-11(9)17/h7-9,11,17H,2-6,14H2,1H3,(H,15,18). The summed E-state index contributed by atoms with van der Waals surface area (Å²) in [6.45, 7) is 2.37. The molecule has 1 fully saturated rings. The Balaban J connectivity index is 1.86. The summed E-state index contributed by atoms with van der Waals surface area (Å²) in [6.07, 6.45) is 3.73. The summed E-state index contributed by atoms with van der Waals surface area (Å²) in [5.41, 5.74) is 6.14. The summed E-state index contributed by atoms with van der Waals surface area (Å²) in [6, 6.07) is -0.147. The molecule has 19 heavy (non-hydrogen) atoms. The van der Waals surface area contributed by atoms with Crippen LogP contribution in [-0.2, 0) is 0 Å². The monoisotopic (exact) mass is 283 g/mol. The van der Waals surface area contributed by atoms with Gasteiger partial charge in [0, 0.05) is 17.8 Å². The number of aromatic nitrogens is 1. The minimum absolute atomic E-state index is 0.147. The summed E-state index contributed by atoms with van der Waals surface area (Å²) < 4.78 is 0. The Morgan fingerprint density at radius 3 is 3.00 bits per heavy atom. The number of nitrogens with two attached hydrogens (primary N) is 1. The second-order valence-electron chi connectivity index (χ2n) is 5.18. The van der Waals surface area contributed by atoms with Gasteiger partial charge in [0.15, 0.2) is 0 Å². The third kappa shape index (κ3) is 3.75. The fraction of sp³-hybridized carbons (Fsp3) is 0.692.